The predicted molar refractivity (Wildman–Crippen MR) is 79.5 cm³/mol. The molecule has 0 unspecified atom stereocenters. The van der Waals surface area contributed by atoms with Crippen molar-refractivity contribution < 1.29 is 9.31 Å². The van der Waals surface area contributed by atoms with Gasteiger partial charge in [0.15, 0.2) is 0 Å². The van der Waals surface area contributed by atoms with E-state index in [2.05, 4.69) is 33.5 Å². The molecule has 0 atom stereocenters. The molecule has 1 aliphatic heterocycles. The fourth-order valence-electron chi connectivity index (χ4n) is 2.34. The maximum Gasteiger partial charge on any atom is 0.293 e. The van der Waals surface area contributed by atoms with Gasteiger partial charge in [-0.05, 0) is 47.3 Å². The van der Waals surface area contributed by atoms with Gasteiger partial charge in [0.2, 0.25) is 0 Å². The van der Waals surface area contributed by atoms with Crippen LogP contribution in [0.4, 0.5) is 15.8 Å². The van der Waals surface area contributed by atoms with E-state index in [1.807, 2.05) is 0 Å². The quantitative estimate of drug-likeness (QED) is 0.649. The van der Waals surface area contributed by atoms with Gasteiger partial charge in [-0.25, -0.2) is 4.39 Å². The summed E-state index contributed by atoms with van der Waals surface area (Å²) in [4.78, 5) is 10.5. The van der Waals surface area contributed by atoms with E-state index in [0.717, 1.165) is 25.9 Å². The summed E-state index contributed by atoms with van der Waals surface area (Å²) < 4.78 is 13.7. The first-order valence-corrected chi connectivity index (χ1v) is 7.29. The maximum atomic E-state index is 13.6. The van der Waals surface area contributed by atoms with Gasteiger partial charge in [0.1, 0.15) is 11.5 Å². The van der Waals surface area contributed by atoms with Crippen molar-refractivity contribution in [1.82, 2.24) is 5.32 Å². The van der Waals surface area contributed by atoms with Crippen LogP contribution in [0.5, 0.6) is 0 Å². The van der Waals surface area contributed by atoms with Gasteiger partial charge in [-0.2, -0.15) is 0 Å². The molecular weight excluding hydrogens is 329 g/mol. The molecule has 0 amide bonds. The normalized spacial score (nSPS) is 17.8. The molecule has 2 rings (SSSR count). The van der Waals surface area contributed by atoms with Crippen LogP contribution in [0.3, 0.4) is 0 Å². The molecule has 2 N–H and O–H groups in total. The van der Waals surface area contributed by atoms with Crippen molar-refractivity contribution in [2.24, 2.45) is 5.41 Å². The lowest BCUT2D eigenvalue weighted by molar-refractivity contribution is -0.384. The zero-order valence-corrected chi connectivity index (χ0v) is 12.8. The van der Waals surface area contributed by atoms with Crippen LogP contribution in [-0.4, -0.2) is 24.6 Å². The third-order valence-electron chi connectivity index (χ3n) is 3.75. The van der Waals surface area contributed by atoms with Crippen LogP contribution in [0.2, 0.25) is 0 Å². The third-order valence-corrected chi connectivity index (χ3v) is 4.36. The van der Waals surface area contributed by atoms with Crippen LogP contribution < -0.4 is 10.6 Å². The fourth-order valence-corrected chi connectivity index (χ4v) is 2.68. The second kappa shape index (κ2) is 6.05. The Morgan fingerprint density at radius 3 is 2.75 bits per heavy atom. The summed E-state index contributed by atoms with van der Waals surface area (Å²) >= 11 is 2.97. The average molecular weight is 346 g/mol. The van der Waals surface area contributed by atoms with E-state index in [4.69, 9.17) is 0 Å². The Labute approximate surface area is 125 Å². The molecule has 0 bridgehead atoms. The van der Waals surface area contributed by atoms with E-state index < -0.39 is 10.7 Å². The van der Waals surface area contributed by atoms with E-state index in [0.29, 0.717) is 6.54 Å². The summed E-state index contributed by atoms with van der Waals surface area (Å²) in [6.45, 7) is 4.61. The van der Waals surface area contributed by atoms with Gasteiger partial charge in [-0.15, -0.1) is 0 Å². The molecule has 0 saturated carbocycles. The van der Waals surface area contributed by atoms with Gasteiger partial charge in [0.05, 0.1) is 9.40 Å². The van der Waals surface area contributed by atoms with Crippen molar-refractivity contribution in [2.75, 3.05) is 25.0 Å². The zero-order chi connectivity index (χ0) is 14.8. The van der Waals surface area contributed by atoms with Crippen molar-refractivity contribution in [3.05, 3.63) is 32.5 Å². The minimum atomic E-state index is -0.506. The Balaban J connectivity index is 2.16. The molecule has 1 aromatic rings. The van der Waals surface area contributed by atoms with Crippen molar-refractivity contribution in [3.8, 4) is 0 Å². The van der Waals surface area contributed by atoms with E-state index in [9.17, 15) is 14.5 Å². The van der Waals surface area contributed by atoms with Gasteiger partial charge in [-0.1, -0.05) is 6.92 Å². The smallest absolute Gasteiger partial charge is 0.293 e. The second-order valence-electron chi connectivity index (χ2n) is 5.45. The molecule has 1 heterocycles. The lowest BCUT2D eigenvalue weighted by atomic mass is 9.81. The Bertz CT molecular complexity index is 519. The number of rotatable bonds is 4. The zero-order valence-electron chi connectivity index (χ0n) is 11.2. The fraction of sp³-hybridized carbons (Fsp3) is 0.538. The van der Waals surface area contributed by atoms with Gasteiger partial charge in [0.25, 0.3) is 5.69 Å². The van der Waals surface area contributed by atoms with Crippen molar-refractivity contribution in [1.29, 1.82) is 0 Å². The minimum absolute atomic E-state index is 0.0721. The SMILES string of the molecule is CC1(CNc2cc(F)c(Br)cc2[N+](=O)[O-])CCNCC1. The Morgan fingerprint density at radius 2 is 2.15 bits per heavy atom. The molecule has 0 aliphatic carbocycles. The van der Waals surface area contributed by atoms with E-state index in [1.165, 1.54) is 12.1 Å². The highest BCUT2D eigenvalue weighted by molar-refractivity contribution is 9.10. The molecule has 20 heavy (non-hydrogen) atoms. The van der Waals surface area contributed by atoms with Gasteiger partial charge < -0.3 is 10.6 Å². The molecule has 0 aromatic heterocycles. The number of hydrogen-bond donors (Lipinski definition) is 2. The standard InChI is InChI=1S/C13H17BrFN3O2/c1-13(2-4-16-5-3-13)8-17-11-7-10(15)9(14)6-12(11)18(19)20/h6-7,16-17H,2-5,8H2,1H3. The largest absolute Gasteiger partial charge is 0.379 e. The van der Waals surface area contributed by atoms with Crippen LogP contribution in [0.25, 0.3) is 0 Å². The lowest BCUT2D eigenvalue weighted by Gasteiger charge is -2.34. The number of nitro groups is 1. The molecule has 1 aliphatic rings. The van der Waals surface area contributed by atoms with E-state index >= 15 is 0 Å². The van der Waals surface area contributed by atoms with Crippen molar-refractivity contribution in [3.63, 3.8) is 0 Å². The molecule has 7 heteroatoms. The van der Waals surface area contributed by atoms with Crippen LogP contribution in [0, 0.1) is 21.3 Å². The first kappa shape index (κ1) is 15.2. The number of nitrogens with one attached hydrogen (secondary N) is 2. The van der Waals surface area contributed by atoms with E-state index in [-0.39, 0.29) is 21.3 Å². The van der Waals surface area contributed by atoms with Gasteiger partial charge in [0, 0.05) is 18.7 Å². The Morgan fingerprint density at radius 1 is 1.50 bits per heavy atom. The molecule has 1 aromatic carbocycles. The summed E-state index contributed by atoms with van der Waals surface area (Å²) in [6.07, 6.45) is 1.99. The average Bonchev–Trinajstić information content (AvgIpc) is 2.40. The van der Waals surface area contributed by atoms with E-state index in [1.54, 1.807) is 0 Å². The predicted octanol–water partition coefficient (Wildman–Crippen LogP) is 3.30. The molecule has 0 spiro atoms. The summed E-state index contributed by atoms with van der Waals surface area (Å²) in [7, 11) is 0. The number of halogens is 2. The monoisotopic (exact) mass is 345 g/mol. The Hall–Kier alpha value is -1.21. The molecule has 1 saturated heterocycles. The third kappa shape index (κ3) is 3.46. The first-order chi connectivity index (χ1) is 9.41. The van der Waals surface area contributed by atoms with Crippen molar-refractivity contribution >= 4 is 27.3 Å². The van der Waals surface area contributed by atoms with Crippen molar-refractivity contribution in [2.45, 2.75) is 19.8 Å². The first-order valence-electron chi connectivity index (χ1n) is 6.49. The molecule has 1 fully saturated rings. The van der Waals surface area contributed by atoms with Crippen LogP contribution in [0.1, 0.15) is 19.8 Å². The molecular formula is C13H17BrFN3O2. The number of hydrogen-bond acceptors (Lipinski definition) is 4. The minimum Gasteiger partial charge on any atom is -0.379 e. The number of piperidine rings is 1. The highest BCUT2D eigenvalue weighted by atomic mass is 79.9. The van der Waals surface area contributed by atoms with Crippen LogP contribution in [-0.2, 0) is 0 Å². The van der Waals surface area contributed by atoms with Crippen LogP contribution in [0.15, 0.2) is 16.6 Å². The molecule has 110 valence electrons. The second-order valence-corrected chi connectivity index (χ2v) is 6.31. The summed E-state index contributed by atoms with van der Waals surface area (Å²) in [5.74, 6) is -0.506. The summed E-state index contributed by atoms with van der Waals surface area (Å²) in [6, 6.07) is 2.37. The number of anilines is 1. The molecule has 0 radical (unpaired) electrons. The lowest BCUT2D eigenvalue weighted by Crippen LogP contribution is -2.39. The van der Waals surface area contributed by atoms with Gasteiger partial charge >= 0.3 is 0 Å². The number of nitrogens with zero attached hydrogens (tertiary/aromatic N) is 1. The van der Waals surface area contributed by atoms with Gasteiger partial charge in [-0.3, -0.25) is 10.1 Å². The summed E-state index contributed by atoms with van der Waals surface area (Å²) in [5.41, 5.74) is 0.189. The molecule has 5 nitrogen and oxygen atoms in total. The number of benzene rings is 1. The summed E-state index contributed by atoms with van der Waals surface area (Å²) in [5, 5.41) is 17.4. The topological polar surface area (TPSA) is 67.2 Å². The highest BCUT2D eigenvalue weighted by Crippen LogP contribution is 2.33. The Kier molecular flexibility index (Phi) is 4.59. The maximum absolute atomic E-state index is 13.6. The van der Waals surface area contributed by atoms with Crippen LogP contribution >= 0.6 is 15.9 Å². The number of nitro benzene ring substituents is 1. The highest BCUT2D eigenvalue weighted by Gasteiger charge is 2.27.